The molecule has 6 heteroatoms. The summed E-state index contributed by atoms with van der Waals surface area (Å²) in [5, 5.41) is 9.38. The van der Waals surface area contributed by atoms with Crippen molar-refractivity contribution in [3.05, 3.63) is 47.5 Å². The molecular formula is C14H17ClN2O3. The first-order valence-corrected chi connectivity index (χ1v) is 6.39. The molecule has 1 N–H and O–H groups in total. The first-order valence-electron chi connectivity index (χ1n) is 6.01. The first-order chi connectivity index (χ1) is 9.45. The average molecular weight is 297 g/mol. The number of rotatable bonds is 6. The summed E-state index contributed by atoms with van der Waals surface area (Å²) in [6, 6.07) is 6.82. The number of carbonyl (C=O) groups is 2. The van der Waals surface area contributed by atoms with Gasteiger partial charge in [0.15, 0.2) is 0 Å². The van der Waals surface area contributed by atoms with Crippen molar-refractivity contribution >= 4 is 23.6 Å². The van der Waals surface area contributed by atoms with Gasteiger partial charge in [-0.05, 0) is 11.6 Å². The third kappa shape index (κ3) is 4.59. The highest BCUT2D eigenvalue weighted by Gasteiger charge is 2.19. The number of hydrogen-bond donors (Lipinski definition) is 1. The van der Waals surface area contributed by atoms with Crippen LogP contribution in [0.5, 0.6) is 0 Å². The Morgan fingerprint density at radius 3 is 2.60 bits per heavy atom. The van der Waals surface area contributed by atoms with E-state index >= 15 is 0 Å². The van der Waals surface area contributed by atoms with E-state index in [0.29, 0.717) is 11.6 Å². The van der Waals surface area contributed by atoms with Crippen molar-refractivity contribution in [2.75, 3.05) is 20.1 Å². The molecule has 1 aromatic rings. The van der Waals surface area contributed by atoms with Crippen LogP contribution in [0.3, 0.4) is 0 Å². The van der Waals surface area contributed by atoms with Crippen LogP contribution in [0.1, 0.15) is 5.56 Å². The molecule has 0 saturated carbocycles. The lowest BCUT2D eigenvalue weighted by Crippen LogP contribution is -2.43. The molecule has 108 valence electrons. The molecular weight excluding hydrogens is 280 g/mol. The summed E-state index contributed by atoms with van der Waals surface area (Å²) in [6.07, 6.45) is 1.49. The van der Waals surface area contributed by atoms with Crippen molar-refractivity contribution in [3.63, 3.8) is 0 Å². The van der Waals surface area contributed by atoms with E-state index in [-0.39, 0.29) is 19.1 Å². The molecule has 0 aliphatic rings. The van der Waals surface area contributed by atoms with E-state index in [0.717, 1.165) is 5.56 Å². The van der Waals surface area contributed by atoms with Gasteiger partial charge in [0.25, 0.3) is 0 Å². The number of carboxylic acid groups (broad SMARTS) is 1. The van der Waals surface area contributed by atoms with Crippen LogP contribution in [0.15, 0.2) is 36.9 Å². The van der Waals surface area contributed by atoms with Crippen molar-refractivity contribution in [2.24, 2.45) is 0 Å². The highest BCUT2D eigenvalue weighted by Crippen LogP contribution is 2.17. The second kappa shape index (κ2) is 7.55. The Kier molecular flexibility index (Phi) is 6.06. The molecule has 0 saturated heterocycles. The zero-order valence-corrected chi connectivity index (χ0v) is 12.0. The minimum atomic E-state index is -1.06. The third-order valence-corrected chi connectivity index (χ3v) is 3.01. The molecule has 0 radical (unpaired) electrons. The van der Waals surface area contributed by atoms with Crippen LogP contribution in [0.4, 0.5) is 4.79 Å². The third-order valence-electron chi connectivity index (χ3n) is 2.64. The van der Waals surface area contributed by atoms with Crippen molar-refractivity contribution in [1.29, 1.82) is 0 Å². The van der Waals surface area contributed by atoms with Crippen molar-refractivity contribution in [2.45, 2.75) is 6.54 Å². The Balaban J connectivity index is 2.76. The van der Waals surface area contributed by atoms with Crippen LogP contribution in [0, 0.1) is 0 Å². The smallest absolute Gasteiger partial charge is 0.323 e. The topological polar surface area (TPSA) is 60.9 Å². The van der Waals surface area contributed by atoms with Gasteiger partial charge in [0, 0.05) is 25.2 Å². The van der Waals surface area contributed by atoms with E-state index in [1.54, 1.807) is 13.1 Å². The molecule has 1 aromatic carbocycles. The van der Waals surface area contributed by atoms with Gasteiger partial charge in [-0.3, -0.25) is 4.79 Å². The van der Waals surface area contributed by atoms with E-state index in [4.69, 9.17) is 16.7 Å². The highest BCUT2D eigenvalue weighted by atomic mass is 35.5. The fourth-order valence-corrected chi connectivity index (χ4v) is 1.92. The summed E-state index contributed by atoms with van der Waals surface area (Å²) in [5.74, 6) is -1.06. The molecule has 0 aliphatic heterocycles. The summed E-state index contributed by atoms with van der Waals surface area (Å²) >= 11 is 6.04. The molecule has 0 bridgehead atoms. The molecule has 1 rings (SSSR count). The van der Waals surface area contributed by atoms with Gasteiger partial charge in [0.1, 0.15) is 6.54 Å². The van der Waals surface area contributed by atoms with Gasteiger partial charge in [-0.15, -0.1) is 6.58 Å². The molecule has 0 aromatic heterocycles. The quantitative estimate of drug-likeness (QED) is 0.820. The predicted molar refractivity (Wildman–Crippen MR) is 77.7 cm³/mol. The van der Waals surface area contributed by atoms with Crippen molar-refractivity contribution in [1.82, 2.24) is 9.80 Å². The number of hydrogen-bond acceptors (Lipinski definition) is 2. The molecule has 0 unspecified atom stereocenters. The largest absolute Gasteiger partial charge is 0.480 e. The Bertz CT molecular complexity index is 505. The van der Waals surface area contributed by atoms with Gasteiger partial charge in [-0.2, -0.15) is 0 Å². The molecule has 5 nitrogen and oxygen atoms in total. The predicted octanol–water partition coefficient (Wildman–Crippen LogP) is 2.46. The number of aliphatic carboxylic acids is 1. The standard InChI is InChI=1S/C14H17ClN2O3/c1-3-8-17(10-13(18)19)14(20)16(2)9-11-6-4-5-7-12(11)15/h3-7H,1,8-10H2,2H3,(H,18,19). The van der Waals surface area contributed by atoms with Crippen LogP contribution >= 0.6 is 11.6 Å². The molecule has 0 atom stereocenters. The van der Waals surface area contributed by atoms with Crippen molar-refractivity contribution in [3.8, 4) is 0 Å². The fourth-order valence-electron chi connectivity index (χ4n) is 1.72. The van der Waals surface area contributed by atoms with Crippen LogP contribution < -0.4 is 0 Å². The zero-order chi connectivity index (χ0) is 15.1. The maximum Gasteiger partial charge on any atom is 0.323 e. The summed E-state index contributed by atoms with van der Waals surface area (Å²) in [7, 11) is 1.60. The Labute approximate surface area is 123 Å². The van der Waals surface area contributed by atoms with Crippen LogP contribution in [-0.4, -0.2) is 47.0 Å². The molecule has 0 fully saturated rings. The normalized spacial score (nSPS) is 9.90. The molecule has 0 spiro atoms. The van der Waals surface area contributed by atoms with E-state index < -0.39 is 5.97 Å². The monoisotopic (exact) mass is 296 g/mol. The minimum Gasteiger partial charge on any atom is -0.480 e. The zero-order valence-electron chi connectivity index (χ0n) is 11.3. The minimum absolute atomic E-state index is 0.179. The van der Waals surface area contributed by atoms with E-state index in [1.165, 1.54) is 15.9 Å². The number of halogens is 1. The number of amides is 2. The summed E-state index contributed by atoms with van der Waals surface area (Å²) in [6.45, 7) is 3.65. The summed E-state index contributed by atoms with van der Waals surface area (Å²) in [4.78, 5) is 25.6. The first kappa shape index (κ1) is 16.0. The number of urea groups is 1. The lowest BCUT2D eigenvalue weighted by molar-refractivity contribution is -0.137. The van der Waals surface area contributed by atoms with Crippen molar-refractivity contribution < 1.29 is 14.7 Å². The van der Waals surface area contributed by atoms with Gasteiger partial charge < -0.3 is 14.9 Å². The lowest BCUT2D eigenvalue weighted by Gasteiger charge is -2.26. The van der Waals surface area contributed by atoms with Gasteiger partial charge >= 0.3 is 12.0 Å². The second-order valence-electron chi connectivity index (χ2n) is 4.29. The number of carboxylic acids is 1. The van der Waals surface area contributed by atoms with Gasteiger partial charge in [-0.1, -0.05) is 35.9 Å². The Hall–Kier alpha value is -2.01. The van der Waals surface area contributed by atoms with E-state index in [9.17, 15) is 9.59 Å². The number of carbonyl (C=O) groups excluding carboxylic acids is 1. The molecule has 2 amide bonds. The summed E-state index contributed by atoms with van der Waals surface area (Å²) in [5.41, 5.74) is 0.805. The highest BCUT2D eigenvalue weighted by molar-refractivity contribution is 6.31. The van der Waals surface area contributed by atoms with Crippen LogP contribution in [0.25, 0.3) is 0 Å². The molecule has 0 aliphatic carbocycles. The number of benzene rings is 1. The SMILES string of the molecule is C=CCN(CC(=O)O)C(=O)N(C)Cc1ccccc1Cl. The lowest BCUT2D eigenvalue weighted by atomic mass is 10.2. The molecule has 20 heavy (non-hydrogen) atoms. The van der Waals surface area contributed by atoms with Gasteiger partial charge in [-0.25, -0.2) is 4.79 Å². The van der Waals surface area contributed by atoms with Crippen LogP contribution in [0.2, 0.25) is 5.02 Å². The Morgan fingerprint density at radius 1 is 1.40 bits per heavy atom. The summed E-state index contributed by atoms with van der Waals surface area (Å²) < 4.78 is 0. The van der Waals surface area contributed by atoms with Crippen LogP contribution in [-0.2, 0) is 11.3 Å². The van der Waals surface area contributed by atoms with E-state index in [2.05, 4.69) is 6.58 Å². The fraction of sp³-hybridized carbons (Fsp3) is 0.286. The molecule has 0 heterocycles. The maximum absolute atomic E-state index is 12.2. The van der Waals surface area contributed by atoms with Gasteiger partial charge in [0.05, 0.1) is 0 Å². The van der Waals surface area contributed by atoms with Gasteiger partial charge in [0.2, 0.25) is 0 Å². The Morgan fingerprint density at radius 2 is 2.05 bits per heavy atom. The maximum atomic E-state index is 12.2. The van der Waals surface area contributed by atoms with E-state index in [1.807, 2.05) is 18.2 Å². The average Bonchev–Trinajstić information content (AvgIpc) is 2.39. The second-order valence-corrected chi connectivity index (χ2v) is 4.70. The number of nitrogens with zero attached hydrogens (tertiary/aromatic N) is 2.